The molecule has 2 aliphatic rings. The van der Waals surface area contributed by atoms with Gasteiger partial charge in [0.1, 0.15) is 29.9 Å². The molecule has 0 aromatic heterocycles. The number of aliphatic hydroxyl groups is 2. The van der Waals surface area contributed by atoms with Gasteiger partial charge in [0.15, 0.2) is 0 Å². The molecule has 0 saturated carbocycles. The first-order valence-corrected chi connectivity index (χ1v) is 10.9. The Hall–Kier alpha value is -1.81. The van der Waals surface area contributed by atoms with Gasteiger partial charge >= 0.3 is 0 Å². The number of piperidine rings is 1. The summed E-state index contributed by atoms with van der Waals surface area (Å²) in [4.78, 5) is 13.3. The molecule has 29 heavy (non-hydrogen) atoms. The summed E-state index contributed by atoms with van der Waals surface area (Å²) in [5.74, 6) is 0.662. The molecule has 2 heterocycles. The molecule has 1 amide bonds. The summed E-state index contributed by atoms with van der Waals surface area (Å²) >= 11 is 4.38. The molecular formula is C20H20BrFN2O4S. The first kappa shape index (κ1) is 20.5. The maximum absolute atomic E-state index is 14.2. The quantitative estimate of drug-likeness (QED) is 0.615. The Morgan fingerprint density at radius 3 is 2.97 bits per heavy atom. The van der Waals surface area contributed by atoms with E-state index < -0.39 is 11.7 Å². The van der Waals surface area contributed by atoms with Crippen molar-refractivity contribution in [3.63, 3.8) is 0 Å². The number of amides is 1. The van der Waals surface area contributed by atoms with Crippen LogP contribution in [0.5, 0.6) is 5.75 Å². The summed E-state index contributed by atoms with van der Waals surface area (Å²) < 4.78 is 20.7. The molecule has 0 bridgehead atoms. The molecule has 3 N–H and O–H groups in total. The van der Waals surface area contributed by atoms with Crippen molar-refractivity contribution < 1.29 is 24.1 Å². The number of benzene rings is 2. The SMILES string of the molecule is O=C1Nc2cccc(OC[C@]3(O)CCN(c4ccc(Br)cc4F)C[C@H]3O)c2CS1. The lowest BCUT2D eigenvalue weighted by atomic mass is 9.89. The second-order valence-corrected chi connectivity index (χ2v) is 9.05. The summed E-state index contributed by atoms with van der Waals surface area (Å²) in [6.45, 7) is 0.380. The van der Waals surface area contributed by atoms with E-state index in [4.69, 9.17) is 4.74 Å². The number of halogens is 2. The van der Waals surface area contributed by atoms with Crippen LogP contribution in [0, 0.1) is 5.82 Å². The Balaban J connectivity index is 1.44. The third-order valence-corrected chi connectivity index (χ3v) is 6.56. The number of hydrogen-bond donors (Lipinski definition) is 3. The monoisotopic (exact) mass is 482 g/mol. The molecule has 2 atom stereocenters. The minimum absolute atomic E-state index is 0.0945. The zero-order valence-corrected chi connectivity index (χ0v) is 17.8. The number of ether oxygens (including phenoxy) is 1. The summed E-state index contributed by atoms with van der Waals surface area (Å²) in [6, 6.07) is 10.1. The molecule has 0 aliphatic carbocycles. The van der Waals surface area contributed by atoms with E-state index in [1.807, 2.05) is 0 Å². The van der Waals surface area contributed by atoms with Gasteiger partial charge in [-0.25, -0.2) is 4.39 Å². The zero-order valence-electron chi connectivity index (χ0n) is 15.4. The van der Waals surface area contributed by atoms with Gasteiger partial charge in [0, 0.05) is 34.6 Å². The number of β-amino-alcohol motifs (C(OH)–C–C–N with tert-alkyl or cyclic N) is 1. The normalized spacial score (nSPS) is 24.1. The molecule has 0 unspecified atom stereocenters. The van der Waals surface area contributed by atoms with Crippen molar-refractivity contribution in [1.82, 2.24) is 0 Å². The van der Waals surface area contributed by atoms with E-state index in [1.54, 1.807) is 35.2 Å². The van der Waals surface area contributed by atoms with Crippen molar-refractivity contribution >= 4 is 44.3 Å². The Kier molecular flexibility index (Phi) is 5.74. The van der Waals surface area contributed by atoms with Crippen LogP contribution in [0.15, 0.2) is 40.9 Å². The number of nitrogens with one attached hydrogen (secondary N) is 1. The lowest BCUT2D eigenvalue weighted by Crippen LogP contribution is -2.58. The molecule has 1 saturated heterocycles. The second-order valence-electron chi connectivity index (χ2n) is 7.18. The fraction of sp³-hybridized carbons (Fsp3) is 0.350. The maximum atomic E-state index is 14.2. The Morgan fingerprint density at radius 2 is 2.21 bits per heavy atom. The smallest absolute Gasteiger partial charge is 0.283 e. The number of carbonyl (C=O) groups excluding carboxylic acids is 1. The van der Waals surface area contributed by atoms with Crippen LogP contribution in [0.2, 0.25) is 0 Å². The van der Waals surface area contributed by atoms with Crippen LogP contribution in [-0.2, 0) is 5.75 Å². The minimum Gasteiger partial charge on any atom is -0.490 e. The van der Waals surface area contributed by atoms with E-state index in [1.165, 1.54) is 6.07 Å². The van der Waals surface area contributed by atoms with Crippen LogP contribution in [-0.4, -0.2) is 46.9 Å². The first-order chi connectivity index (χ1) is 13.9. The highest BCUT2D eigenvalue weighted by molar-refractivity contribution is 9.10. The molecule has 2 aromatic carbocycles. The number of nitrogens with zero attached hydrogens (tertiary/aromatic N) is 1. The van der Waals surface area contributed by atoms with Crippen LogP contribution < -0.4 is 15.0 Å². The van der Waals surface area contributed by atoms with E-state index in [9.17, 15) is 19.4 Å². The third kappa shape index (κ3) is 4.23. The van der Waals surface area contributed by atoms with E-state index in [0.29, 0.717) is 33.9 Å². The molecule has 154 valence electrons. The summed E-state index contributed by atoms with van der Waals surface area (Å²) in [5.41, 5.74) is 0.486. The van der Waals surface area contributed by atoms with Crippen molar-refractivity contribution in [2.75, 3.05) is 29.9 Å². The molecule has 9 heteroatoms. The van der Waals surface area contributed by atoms with Crippen LogP contribution in [0.1, 0.15) is 12.0 Å². The van der Waals surface area contributed by atoms with Gasteiger partial charge in [0.05, 0.1) is 5.69 Å². The predicted molar refractivity (Wildman–Crippen MR) is 114 cm³/mol. The van der Waals surface area contributed by atoms with Crippen molar-refractivity contribution in [2.24, 2.45) is 0 Å². The van der Waals surface area contributed by atoms with E-state index >= 15 is 0 Å². The molecule has 0 spiro atoms. The van der Waals surface area contributed by atoms with Gasteiger partial charge in [-0.2, -0.15) is 0 Å². The molecule has 2 aliphatic heterocycles. The van der Waals surface area contributed by atoms with Gasteiger partial charge in [-0.15, -0.1) is 0 Å². The van der Waals surface area contributed by atoms with Crippen LogP contribution >= 0.6 is 27.7 Å². The average Bonchev–Trinajstić information content (AvgIpc) is 2.68. The fourth-order valence-corrected chi connectivity index (χ4v) is 4.63. The number of thioether (sulfide) groups is 1. The molecule has 1 fully saturated rings. The van der Waals surface area contributed by atoms with Gasteiger partial charge in [-0.05, 0) is 36.8 Å². The molecule has 4 rings (SSSR count). The topological polar surface area (TPSA) is 82.0 Å². The summed E-state index contributed by atoms with van der Waals surface area (Å²) in [5, 5.41) is 24.2. The third-order valence-electron chi connectivity index (χ3n) is 5.27. The lowest BCUT2D eigenvalue weighted by Gasteiger charge is -2.42. The number of anilines is 2. The molecule has 6 nitrogen and oxygen atoms in total. The zero-order chi connectivity index (χ0) is 20.6. The van der Waals surface area contributed by atoms with Crippen molar-refractivity contribution in [3.8, 4) is 5.75 Å². The molecule has 2 aromatic rings. The van der Waals surface area contributed by atoms with Gasteiger partial charge in [-0.3, -0.25) is 4.79 Å². The summed E-state index contributed by atoms with van der Waals surface area (Å²) in [6.07, 6.45) is -0.877. The lowest BCUT2D eigenvalue weighted by molar-refractivity contribution is -0.108. The van der Waals surface area contributed by atoms with E-state index in [-0.39, 0.29) is 30.6 Å². The Morgan fingerprint density at radius 1 is 1.38 bits per heavy atom. The van der Waals surface area contributed by atoms with Gasteiger partial charge < -0.3 is 25.2 Å². The van der Waals surface area contributed by atoms with Crippen LogP contribution in [0.3, 0.4) is 0 Å². The first-order valence-electron chi connectivity index (χ1n) is 9.15. The predicted octanol–water partition coefficient (Wildman–Crippen LogP) is 3.75. The van der Waals surface area contributed by atoms with Crippen molar-refractivity contribution in [2.45, 2.75) is 23.9 Å². The van der Waals surface area contributed by atoms with E-state index in [0.717, 1.165) is 17.3 Å². The number of aliphatic hydroxyl groups excluding tert-OH is 1. The van der Waals surface area contributed by atoms with Gasteiger partial charge in [-0.1, -0.05) is 33.8 Å². The van der Waals surface area contributed by atoms with Gasteiger partial charge in [0.2, 0.25) is 0 Å². The number of carbonyl (C=O) groups is 1. The van der Waals surface area contributed by atoms with Crippen LogP contribution in [0.25, 0.3) is 0 Å². The highest BCUT2D eigenvalue weighted by atomic mass is 79.9. The second kappa shape index (κ2) is 8.14. The fourth-order valence-electron chi connectivity index (χ4n) is 3.54. The van der Waals surface area contributed by atoms with Crippen molar-refractivity contribution in [3.05, 3.63) is 52.3 Å². The highest BCUT2D eigenvalue weighted by Crippen LogP contribution is 2.36. The van der Waals surface area contributed by atoms with Crippen molar-refractivity contribution in [1.29, 1.82) is 0 Å². The maximum Gasteiger partial charge on any atom is 0.283 e. The minimum atomic E-state index is -1.45. The van der Waals surface area contributed by atoms with Gasteiger partial charge in [0.25, 0.3) is 5.24 Å². The van der Waals surface area contributed by atoms with E-state index in [2.05, 4.69) is 21.2 Å². The number of rotatable bonds is 4. The summed E-state index contributed by atoms with van der Waals surface area (Å²) in [7, 11) is 0. The number of hydrogen-bond acceptors (Lipinski definition) is 6. The highest BCUT2D eigenvalue weighted by Gasteiger charge is 2.42. The molecule has 0 radical (unpaired) electrons. The Labute approximate surface area is 180 Å². The average molecular weight is 483 g/mol. The standard InChI is InChI=1S/C20H20BrFN2O4S/c21-12-4-5-16(14(22)8-12)24-7-6-20(27,18(25)9-24)11-28-17-3-1-2-15-13(17)10-29-19(26)23-15/h1-5,8,18,25,27H,6-7,9-11H2,(H,23,26)/t18-,20-/m1/s1. The largest absolute Gasteiger partial charge is 0.490 e. The molecular weight excluding hydrogens is 463 g/mol. The Bertz CT molecular complexity index is 947. The van der Waals surface area contributed by atoms with Crippen LogP contribution in [0.4, 0.5) is 20.6 Å². The number of fused-ring (bicyclic) bond motifs is 1.